The second-order valence-electron chi connectivity index (χ2n) is 8.24. The lowest BCUT2D eigenvalue weighted by Crippen LogP contribution is -2.23. The Labute approximate surface area is 218 Å². The van der Waals surface area contributed by atoms with Crippen LogP contribution in [0.1, 0.15) is 26.4 Å². The van der Waals surface area contributed by atoms with Crippen molar-refractivity contribution in [2.45, 2.75) is 6.54 Å². The first-order valence-corrected chi connectivity index (χ1v) is 11.6. The van der Waals surface area contributed by atoms with E-state index in [-0.39, 0.29) is 23.5 Å². The lowest BCUT2D eigenvalue weighted by molar-refractivity contribution is 0.0949. The van der Waals surface area contributed by atoms with E-state index in [4.69, 9.17) is 11.6 Å². The van der Waals surface area contributed by atoms with Gasteiger partial charge in [0.25, 0.3) is 11.8 Å². The molecule has 5 aromatic rings. The number of carbonyl (C=O) groups is 2. The van der Waals surface area contributed by atoms with Crippen LogP contribution in [0.5, 0.6) is 0 Å². The first-order chi connectivity index (χ1) is 18.3. The van der Waals surface area contributed by atoms with Crippen LogP contribution in [0.3, 0.4) is 0 Å². The van der Waals surface area contributed by atoms with Gasteiger partial charge in [-0.2, -0.15) is 0 Å². The van der Waals surface area contributed by atoms with Gasteiger partial charge in [0, 0.05) is 30.1 Å². The summed E-state index contributed by atoms with van der Waals surface area (Å²) in [4.78, 5) is 33.8. The number of benzene rings is 2. The van der Waals surface area contributed by atoms with E-state index in [2.05, 4.69) is 20.6 Å². The van der Waals surface area contributed by atoms with Crippen LogP contribution < -0.4 is 10.6 Å². The number of nitrogens with zero attached hydrogens (tertiary/aromatic N) is 3. The molecule has 7 nitrogen and oxygen atoms in total. The molecule has 0 fully saturated rings. The number of amides is 2. The SMILES string of the molecule is O=C(NCc1ccc(F)c(F)c1)c1ccc(F)c(NC(=O)c2cnc3cc(-c4ccc(Cl)nc4)ccn23)c1. The fourth-order valence-electron chi connectivity index (χ4n) is 3.76. The minimum absolute atomic E-state index is 0.0589. The Morgan fingerprint density at radius 3 is 2.39 bits per heavy atom. The summed E-state index contributed by atoms with van der Waals surface area (Å²) >= 11 is 5.84. The van der Waals surface area contributed by atoms with E-state index in [9.17, 15) is 22.8 Å². The number of aromatic nitrogens is 3. The molecular weight excluding hydrogens is 519 g/mol. The van der Waals surface area contributed by atoms with E-state index in [0.29, 0.717) is 16.4 Å². The molecule has 11 heteroatoms. The molecule has 0 atom stereocenters. The summed E-state index contributed by atoms with van der Waals surface area (Å²) in [6.07, 6.45) is 4.62. The van der Waals surface area contributed by atoms with E-state index < -0.39 is 29.3 Å². The van der Waals surface area contributed by atoms with Crippen molar-refractivity contribution < 1.29 is 22.8 Å². The maximum Gasteiger partial charge on any atom is 0.274 e. The zero-order valence-electron chi connectivity index (χ0n) is 19.4. The van der Waals surface area contributed by atoms with Crippen molar-refractivity contribution in [2.75, 3.05) is 5.32 Å². The smallest absolute Gasteiger partial charge is 0.274 e. The Bertz CT molecular complexity index is 1690. The van der Waals surface area contributed by atoms with Crippen molar-refractivity contribution in [3.8, 4) is 11.1 Å². The van der Waals surface area contributed by atoms with Gasteiger partial charge in [-0.3, -0.25) is 14.0 Å². The standard InChI is InChI=1S/C27H17ClF3N5O2/c28-24-6-3-18(13-32-24)16-7-8-36-23(14-33-25(36)11-16)27(38)35-22-10-17(2-5-20(22)30)26(37)34-12-15-1-4-19(29)21(31)9-15/h1-11,13-14H,12H2,(H,34,37)(H,35,38). The molecule has 38 heavy (non-hydrogen) atoms. The molecule has 0 aliphatic carbocycles. The van der Waals surface area contributed by atoms with Gasteiger partial charge in [-0.05, 0) is 65.7 Å². The number of nitrogens with one attached hydrogen (secondary N) is 2. The molecule has 2 amide bonds. The monoisotopic (exact) mass is 535 g/mol. The highest BCUT2D eigenvalue weighted by atomic mass is 35.5. The molecule has 2 aromatic carbocycles. The number of anilines is 1. The zero-order chi connectivity index (χ0) is 26.8. The van der Waals surface area contributed by atoms with Gasteiger partial charge in [-0.1, -0.05) is 17.7 Å². The molecule has 0 spiro atoms. The number of fused-ring (bicyclic) bond motifs is 1. The molecule has 3 heterocycles. The van der Waals surface area contributed by atoms with Gasteiger partial charge in [0.2, 0.25) is 0 Å². The molecule has 190 valence electrons. The van der Waals surface area contributed by atoms with Crippen LogP contribution in [0.15, 0.2) is 79.3 Å². The number of carbonyl (C=O) groups excluding carboxylic acids is 2. The molecule has 0 aliphatic rings. The van der Waals surface area contributed by atoms with Gasteiger partial charge >= 0.3 is 0 Å². The highest BCUT2D eigenvalue weighted by Crippen LogP contribution is 2.23. The Hall–Kier alpha value is -4.70. The van der Waals surface area contributed by atoms with Gasteiger partial charge < -0.3 is 10.6 Å². The number of rotatable bonds is 6. The predicted octanol–water partition coefficient (Wildman–Crippen LogP) is 5.65. The summed E-state index contributed by atoms with van der Waals surface area (Å²) in [5.41, 5.74) is 2.44. The number of hydrogen-bond donors (Lipinski definition) is 2. The second-order valence-corrected chi connectivity index (χ2v) is 8.62. The summed E-state index contributed by atoms with van der Waals surface area (Å²) in [6.45, 7) is -0.0784. The topological polar surface area (TPSA) is 88.4 Å². The van der Waals surface area contributed by atoms with Crippen LogP contribution in [0.4, 0.5) is 18.9 Å². The van der Waals surface area contributed by atoms with Gasteiger partial charge in [0.15, 0.2) is 11.6 Å². The molecule has 0 bridgehead atoms. The van der Waals surface area contributed by atoms with Gasteiger partial charge in [-0.25, -0.2) is 23.1 Å². The lowest BCUT2D eigenvalue weighted by atomic mass is 10.1. The largest absolute Gasteiger partial charge is 0.348 e. The quantitative estimate of drug-likeness (QED) is 0.275. The zero-order valence-corrected chi connectivity index (χ0v) is 20.1. The molecule has 0 saturated carbocycles. The first kappa shape index (κ1) is 25.0. The average Bonchev–Trinajstić information content (AvgIpc) is 3.34. The first-order valence-electron chi connectivity index (χ1n) is 11.2. The molecule has 0 saturated heterocycles. The molecule has 0 unspecified atom stereocenters. The van der Waals surface area contributed by atoms with Crippen molar-refractivity contribution in [3.63, 3.8) is 0 Å². The van der Waals surface area contributed by atoms with E-state index in [0.717, 1.165) is 29.3 Å². The number of halogens is 4. The van der Waals surface area contributed by atoms with Crippen molar-refractivity contribution >= 4 is 34.7 Å². The average molecular weight is 536 g/mol. The van der Waals surface area contributed by atoms with E-state index in [1.165, 1.54) is 24.4 Å². The second kappa shape index (κ2) is 10.3. The fourth-order valence-corrected chi connectivity index (χ4v) is 3.87. The Kier molecular flexibility index (Phi) is 6.80. The summed E-state index contributed by atoms with van der Waals surface area (Å²) < 4.78 is 42.5. The molecule has 5 rings (SSSR count). The fraction of sp³-hybridized carbons (Fsp3) is 0.0370. The van der Waals surface area contributed by atoms with Crippen molar-refractivity contribution in [1.29, 1.82) is 0 Å². The van der Waals surface area contributed by atoms with E-state index in [1.807, 2.05) is 6.07 Å². The van der Waals surface area contributed by atoms with Crippen LogP contribution in [0, 0.1) is 17.5 Å². The Balaban J connectivity index is 1.31. The van der Waals surface area contributed by atoms with E-state index >= 15 is 0 Å². The van der Waals surface area contributed by atoms with Gasteiger partial charge in [0.05, 0.1) is 11.9 Å². The number of imidazole rings is 1. The summed E-state index contributed by atoms with van der Waals surface area (Å²) in [6, 6.07) is 13.7. The molecular formula is C27H17ClF3N5O2. The minimum atomic E-state index is -1.03. The third-order valence-electron chi connectivity index (χ3n) is 5.72. The Morgan fingerprint density at radius 1 is 0.816 bits per heavy atom. The molecule has 3 aromatic heterocycles. The van der Waals surface area contributed by atoms with E-state index in [1.54, 1.807) is 35.0 Å². The Morgan fingerprint density at radius 2 is 1.63 bits per heavy atom. The lowest BCUT2D eigenvalue weighted by Gasteiger charge is -2.10. The molecule has 2 N–H and O–H groups in total. The molecule has 0 radical (unpaired) electrons. The van der Waals surface area contributed by atoms with Crippen LogP contribution in [0.2, 0.25) is 5.15 Å². The minimum Gasteiger partial charge on any atom is -0.348 e. The highest BCUT2D eigenvalue weighted by molar-refractivity contribution is 6.29. The van der Waals surface area contributed by atoms with Gasteiger partial charge in [0.1, 0.15) is 22.3 Å². The van der Waals surface area contributed by atoms with Crippen LogP contribution in [-0.2, 0) is 6.54 Å². The van der Waals surface area contributed by atoms with Crippen molar-refractivity contribution in [1.82, 2.24) is 19.7 Å². The summed E-state index contributed by atoms with van der Waals surface area (Å²) in [5.74, 6) is -4.01. The summed E-state index contributed by atoms with van der Waals surface area (Å²) in [5, 5.41) is 5.38. The van der Waals surface area contributed by atoms with Crippen molar-refractivity contribution in [2.24, 2.45) is 0 Å². The maximum absolute atomic E-state index is 14.5. The number of hydrogen-bond acceptors (Lipinski definition) is 4. The van der Waals surface area contributed by atoms with Crippen LogP contribution >= 0.6 is 11.6 Å². The van der Waals surface area contributed by atoms with Gasteiger partial charge in [-0.15, -0.1) is 0 Å². The third kappa shape index (κ3) is 5.21. The van der Waals surface area contributed by atoms with Crippen LogP contribution in [-0.4, -0.2) is 26.2 Å². The van der Waals surface area contributed by atoms with Crippen LogP contribution in [0.25, 0.3) is 16.8 Å². The maximum atomic E-state index is 14.5. The third-order valence-corrected chi connectivity index (χ3v) is 5.94. The summed E-state index contributed by atoms with van der Waals surface area (Å²) in [7, 11) is 0. The highest BCUT2D eigenvalue weighted by Gasteiger charge is 2.17. The number of pyridine rings is 2. The predicted molar refractivity (Wildman–Crippen MR) is 135 cm³/mol. The normalized spacial score (nSPS) is 10.9. The van der Waals surface area contributed by atoms with Crippen molar-refractivity contribution in [3.05, 3.63) is 119 Å². The molecule has 0 aliphatic heterocycles.